The molecule has 0 aromatic carbocycles. The van der Waals surface area contributed by atoms with Gasteiger partial charge in [-0.05, 0) is 17.9 Å². The van der Waals surface area contributed by atoms with Crippen LogP contribution in [0.3, 0.4) is 0 Å². The number of hydrogen-bond donors (Lipinski definition) is 0. The summed E-state index contributed by atoms with van der Waals surface area (Å²) in [6.45, 7) is 5.21. The van der Waals surface area contributed by atoms with E-state index in [-0.39, 0.29) is 17.9 Å². The van der Waals surface area contributed by atoms with Gasteiger partial charge in [-0.25, -0.2) is 0 Å². The number of hydrogen-bond acceptors (Lipinski definition) is 6. The van der Waals surface area contributed by atoms with Gasteiger partial charge in [0.25, 0.3) is 0 Å². The SMILES string of the molecule is Cc1nnc(C2COCCN2C(=O)C(C)Cc2cccs2)o1. The van der Waals surface area contributed by atoms with Gasteiger partial charge in [-0.15, -0.1) is 21.5 Å². The van der Waals surface area contributed by atoms with Crippen molar-refractivity contribution in [3.05, 3.63) is 34.2 Å². The average molecular weight is 321 g/mol. The van der Waals surface area contributed by atoms with Gasteiger partial charge in [-0.1, -0.05) is 13.0 Å². The summed E-state index contributed by atoms with van der Waals surface area (Å²) < 4.78 is 11.0. The summed E-state index contributed by atoms with van der Waals surface area (Å²) in [6.07, 6.45) is 0.753. The molecule has 2 atom stereocenters. The Morgan fingerprint density at radius 3 is 3.09 bits per heavy atom. The maximum absolute atomic E-state index is 12.8. The third kappa shape index (κ3) is 3.20. The maximum atomic E-state index is 12.8. The van der Waals surface area contributed by atoms with Crippen molar-refractivity contribution in [2.24, 2.45) is 5.92 Å². The maximum Gasteiger partial charge on any atom is 0.241 e. The molecule has 3 rings (SSSR count). The Morgan fingerprint density at radius 1 is 1.55 bits per heavy atom. The molecule has 22 heavy (non-hydrogen) atoms. The molecule has 7 heteroatoms. The van der Waals surface area contributed by atoms with E-state index in [4.69, 9.17) is 9.15 Å². The summed E-state index contributed by atoms with van der Waals surface area (Å²) in [4.78, 5) is 15.8. The molecule has 1 aliphatic heterocycles. The molecule has 118 valence electrons. The Morgan fingerprint density at radius 2 is 2.41 bits per heavy atom. The second-order valence-corrected chi connectivity index (χ2v) is 6.50. The lowest BCUT2D eigenvalue weighted by molar-refractivity contribution is -0.145. The van der Waals surface area contributed by atoms with Crippen LogP contribution in [-0.4, -0.2) is 40.8 Å². The summed E-state index contributed by atoms with van der Waals surface area (Å²) in [5.41, 5.74) is 0. The summed E-state index contributed by atoms with van der Waals surface area (Å²) in [7, 11) is 0. The van der Waals surface area contributed by atoms with E-state index in [1.807, 2.05) is 23.3 Å². The van der Waals surface area contributed by atoms with Crippen LogP contribution in [0.15, 0.2) is 21.9 Å². The van der Waals surface area contributed by atoms with Crippen LogP contribution in [0, 0.1) is 12.8 Å². The van der Waals surface area contributed by atoms with Gasteiger partial charge < -0.3 is 14.1 Å². The number of carbonyl (C=O) groups is 1. The van der Waals surface area contributed by atoms with Gasteiger partial charge >= 0.3 is 0 Å². The smallest absolute Gasteiger partial charge is 0.241 e. The fourth-order valence-corrected chi connectivity index (χ4v) is 3.45. The minimum absolute atomic E-state index is 0.0803. The lowest BCUT2D eigenvalue weighted by atomic mass is 10.0. The summed E-state index contributed by atoms with van der Waals surface area (Å²) in [6, 6.07) is 3.79. The van der Waals surface area contributed by atoms with Crippen molar-refractivity contribution in [1.82, 2.24) is 15.1 Å². The van der Waals surface area contributed by atoms with Gasteiger partial charge in [0.05, 0.1) is 13.2 Å². The number of ether oxygens (including phenoxy) is 1. The van der Waals surface area contributed by atoms with Gasteiger partial charge in [0.15, 0.2) is 0 Å². The zero-order chi connectivity index (χ0) is 15.5. The van der Waals surface area contributed by atoms with Crippen molar-refractivity contribution in [1.29, 1.82) is 0 Å². The Labute approximate surface area is 133 Å². The molecule has 1 fully saturated rings. The molecule has 0 aliphatic carbocycles. The zero-order valence-electron chi connectivity index (χ0n) is 12.7. The van der Waals surface area contributed by atoms with Crippen LogP contribution in [0.25, 0.3) is 0 Å². The van der Waals surface area contributed by atoms with E-state index < -0.39 is 0 Å². The molecular weight excluding hydrogens is 302 g/mol. The molecule has 1 saturated heterocycles. The van der Waals surface area contributed by atoms with E-state index in [1.165, 1.54) is 4.88 Å². The van der Waals surface area contributed by atoms with Gasteiger partial charge in [-0.3, -0.25) is 4.79 Å². The van der Waals surface area contributed by atoms with Crippen LogP contribution >= 0.6 is 11.3 Å². The van der Waals surface area contributed by atoms with Crippen molar-refractivity contribution in [2.45, 2.75) is 26.3 Å². The van der Waals surface area contributed by atoms with Crippen molar-refractivity contribution >= 4 is 17.2 Å². The average Bonchev–Trinajstić information content (AvgIpc) is 3.18. The molecule has 2 aromatic rings. The van der Waals surface area contributed by atoms with E-state index in [2.05, 4.69) is 16.3 Å². The van der Waals surface area contributed by atoms with E-state index >= 15 is 0 Å². The van der Waals surface area contributed by atoms with Crippen molar-refractivity contribution in [3.63, 3.8) is 0 Å². The molecule has 0 bridgehead atoms. The van der Waals surface area contributed by atoms with Crippen LogP contribution in [0.1, 0.15) is 29.6 Å². The summed E-state index contributed by atoms with van der Waals surface area (Å²) in [5, 5.41) is 9.93. The van der Waals surface area contributed by atoms with Crippen molar-refractivity contribution in [3.8, 4) is 0 Å². The Kier molecular flexibility index (Phi) is 4.54. The molecule has 1 amide bonds. The first-order valence-corrected chi connectivity index (χ1v) is 8.23. The lowest BCUT2D eigenvalue weighted by Gasteiger charge is -2.35. The first-order chi connectivity index (χ1) is 10.6. The number of morpholine rings is 1. The molecule has 0 saturated carbocycles. The minimum Gasteiger partial charge on any atom is -0.423 e. The van der Waals surface area contributed by atoms with E-state index in [0.717, 1.165) is 6.42 Å². The number of carbonyl (C=O) groups excluding carboxylic acids is 1. The summed E-state index contributed by atoms with van der Waals surface area (Å²) in [5.74, 6) is 0.981. The zero-order valence-corrected chi connectivity index (χ0v) is 13.5. The molecule has 6 nitrogen and oxygen atoms in total. The third-order valence-corrected chi connectivity index (χ3v) is 4.65. The number of amides is 1. The highest BCUT2D eigenvalue weighted by Gasteiger charge is 2.34. The second kappa shape index (κ2) is 6.58. The fourth-order valence-electron chi connectivity index (χ4n) is 2.62. The van der Waals surface area contributed by atoms with Crippen molar-refractivity contribution < 1.29 is 13.9 Å². The third-order valence-electron chi connectivity index (χ3n) is 3.75. The highest BCUT2D eigenvalue weighted by Crippen LogP contribution is 2.26. The van der Waals surface area contributed by atoms with E-state index in [9.17, 15) is 4.79 Å². The van der Waals surface area contributed by atoms with Gasteiger partial charge in [0, 0.05) is 24.3 Å². The van der Waals surface area contributed by atoms with Crippen LogP contribution in [-0.2, 0) is 16.0 Å². The van der Waals surface area contributed by atoms with Gasteiger partial charge in [0.2, 0.25) is 17.7 Å². The molecule has 1 aliphatic rings. The predicted octanol–water partition coefficient (Wildman–Crippen LogP) is 2.22. The Balaban J connectivity index is 1.73. The van der Waals surface area contributed by atoms with Crippen LogP contribution in [0.2, 0.25) is 0 Å². The molecule has 3 heterocycles. The van der Waals surface area contributed by atoms with Gasteiger partial charge in [0.1, 0.15) is 6.04 Å². The number of nitrogens with zero attached hydrogens (tertiary/aromatic N) is 3. The largest absolute Gasteiger partial charge is 0.423 e. The molecule has 2 unspecified atom stereocenters. The molecule has 0 N–H and O–H groups in total. The standard InChI is InChI=1S/C15H19N3O3S/c1-10(8-12-4-3-7-22-12)15(19)18-5-6-20-9-13(18)14-17-16-11(2)21-14/h3-4,7,10,13H,5-6,8-9H2,1-2H3. The van der Waals surface area contributed by atoms with Crippen LogP contribution in [0.5, 0.6) is 0 Å². The highest BCUT2D eigenvalue weighted by molar-refractivity contribution is 7.09. The lowest BCUT2D eigenvalue weighted by Crippen LogP contribution is -2.46. The topological polar surface area (TPSA) is 68.5 Å². The van der Waals surface area contributed by atoms with E-state index in [0.29, 0.717) is 31.5 Å². The highest BCUT2D eigenvalue weighted by atomic mass is 32.1. The summed E-state index contributed by atoms with van der Waals surface area (Å²) >= 11 is 1.68. The Bertz CT molecular complexity index is 626. The fraction of sp³-hybridized carbons (Fsp3) is 0.533. The van der Waals surface area contributed by atoms with Crippen LogP contribution < -0.4 is 0 Å². The monoisotopic (exact) mass is 321 g/mol. The molecule has 0 radical (unpaired) electrons. The molecular formula is C15H19N3O3S. The van der Waals surface area contributed by atoms with Crippen LogP contribution in [0.4, 0.5) is 0 Å². The normalized spacial score (nSPS) is 20.1. The first kappa shape index (κ1) is 15.2. The minimum atomic E-state index is -0.284. The quantitative estimate of drug-likeness (QED) is 0.863. The van der Waals surface area contributed by atoms with E-state index in [1.54, 1.807) is 18.3 Å². The number of thiophene rings is 1. The number of rotatable bonds is 4. The van der Waals surface area contributed by atoms with Gasteiger partial charge in [-0.2, -0.15) is 0 Å². The molecule has 0 spiro atoms. The second-order valence-electron chi connectivity index (χ2n) is 5.47. The molecule has 2 aromatic heterocycles. The predicted molar refractivity (Wildman–Crippen MR) is 81.5 cm³/mol. The number of aryl methyl sites for hydroxylation is 1. The first-order valence-electron chi connectivity index (χ1n) is 7.35. The Hall–Kier alpha value is -1.73. The number of aromatic nitrogens is 2. The van der Waals surface area contributed by atoms with Crippen molar-refractivity contribution in [2.75, 3.05) is 19.8 Å².